The SMILES string of the molecule is CC(C)c1ccc([C@@H](NC(=O)[C@@H]2CCC[C@@H]2C(=O)O)c2cccc3c2NC(=O)C3)cc1. The molecular weight excluding hydrogens is 392 g/mol. The molecule has 1 heterocycles. The lowest BCUT2D eigenvalue weighted by atomic mass is 9.91. The minimum atomic E-state index is -0.914. The summed E-state index contributed by atoms with van der Waals surface area (Å²) in [5, 5.41) is 15.6. The number of amides is 2. The third-order valence-electron chi connectivity index (χ3n) is 6.50. The monoisotopic (exact) mass is 420 g/mol. The second-order valence-corrected chi connectivity index (χ2v) is 8.85. The predicted molar refractivity (Wildman–Crippen MR) is 118 cm³/mol. The van der Waals surface area contributed by atoms with Crippen LogP contribution in [0.5, 0.6) is 0 Å². The number of rotatable bonds is 6. The molecule has 0 bridgehead atoms. The third kappa shape index (κ3) is 4.20. The normalized spacial score (nSPS) is 20.9. The van der Waals surface area contributed by atoms with Crippen molar-refractivity contribution >= 4 is 23.5 Å². The van der Waals surface area contributed by atoms with Crippen molar-refractivity contribution in [3.63, 3.8) is 0 Å². The van der Waals surface area contributed by atoms with Gasteiger partial charge in [0.15, 0.2) is 0 Å². The first kappa shape index (κ1) is 21.1. The molecule has 2 aromatic rings. The van der Waals surface area contributed by atoms with Gasteiger partial charge in [0, 0.05) is 5.56 Å². The van der Waals surface area contributed by atoms with Gasteiger partial charge in [-0.2, -0.15) is 0 Å². The van der Waals surface area contributed by atoms with Crippen LogP contribution in [0.1, 0.15) is 67.3 Å². The molecule has 31 heavy (non-hydrogen) atoms. The molecule has 0 unspecified atom stereocenters. The molecule has 1 fully saturated rings. The number of carboxylic acids is 1. The number of carboxylic acid groups (broad SMARTS) is 1. The predicted octanol–water partition coefficient (Wildman–Crippen LogP) is 4.01. The average molecular weight is 421 g/mol. The van der Waals surface area contributed by atoms with Gasteiger partial charge in [-0.1, -0.05) is 62.7 Å². The molecule has 0 spiro atoms. The van der Waals surface area contributed by atoms with Crippen molar-refractivity contribution in [3.05, 3.63) is 64.7 Å². The molecule has 3 N–H and O–H groups in total. The van der Waals surface area contributed by atoms with E-state index in [1.54, 1.807) is 0 Å². The molecule has 162 valence electrons. The fourth-order valence-corrected chi connectivity index (χ4v) is 4.75. The molecule has 4 rings (SSSR count). The van der Waals surface area contributed by atoms with E-state index in [1.807, 2.05) is 30.3 Å². The molecule has 2 aliphatic rings. The Bertz CT molecular complexity index is 1010. The molecule has 0 saturated heterocycles. The molecule has 1 saturated carbocycles. The summed E-state index contributed by atoms with van der Waals surface area (Å²) in [7, 11) is 0. The van der Waals surface area contributed by atoms with Crippen LogP contribution < -0.4 is 10.6 Å². The Morgan fingerprint density at radius 2 is 1.71 bits per heavy atom. The summed E-state index contributed by atoms with van der Waals surface area (Å²) < 4.78 is 0. The molecule has 3 atom stereocenters. The van der Waals surface area contributed by atoms with E-state index < -0.39 is 23.8 Å². The fraction of sp³-hybridized carbons (Fsp3) is 0.400. The topological polar surface area (TPSA) is 95.5 Å². The third-order valence-corrected chi connectivity index (χ3v) is 6.50. The quantitative estimate of drug-likeness (QED) is 0.658. The van der Waals surface area contributed by atoms with Gasteiger partial charge in [0.05, 0.1) is 30.0 Å². The van der Waals surface area contributed by atoms with Crippen LogP contribution >= 0.6 is 0 Å². The van der Waals surface area contributed by atoms with E-state index in [9.17, 15) is 19.5 Å². The number of para-hydroxylation sites is 1. The summed E-state index contributed by atoms with van der Waals surface area (Å²) in [6.07, 6.45) is 2.16. The Morgan fingerprint density at radius 3 is 2.39 bits per heavy atom. The van der Waals surface area contributed by atoms with Crippen molar-refractivity contribution in [1.29, 1.82) is 0 Å². The van der Waals surface area contributed by atoms with Crippen molar-refractivity contribution < 1.29 is 19.5 Å². The second-order valence-electron chi connectivity index (χ2n) is 8.85. The number of carbonyl (C=O) groups excluding carboxylic acids is 2. The number of aliphatic carboxylic acids is 1. The Balaban J connectivity index is 1.70. The molecule has 0 radical (unpaired) electrons. The molecule has 2 aromatic carbocycles. The maximum atomic E-state index is 13.2. The first-order valence-corrected chi connectivity index (χ1v) is 10.9. The van der Waals surface area contributed by atoms with Gasteiger partial charge in [0.1, 0.15) is 0 Å². The Morgan fingerprint density at radius 1 is 1.03 bits per heavy atom. The van der Waals surface area contributed by atoms with E-state index in [4.69, 9.17) is 0 Å². The van der Waals surface area contributed by atoms with Crippen LogP contribution in [0, 0.1) is 11.8 Å². The van der Waals surface area contributed by atoms with Crippen LogP contribution in [0.2, 0.25) is 0 Å². The number of hydrogen-bond acceptors (Lipinski definition) is 3. The minimum absolute atomic E-state index is 0.0654. The number of nitrogens with one attached hydrogen (secondary N) is 2. The van der Waals surface area contributed by atoms with Gasteiger partial charge >= 0.3 is 5.97 Å². The van der Waals surface area contributed by atoms with E-state index >= 15 is 0 Å². The maximum Gasteiger partial charge on any atom is 0.307 e. The van der Waals surface area contributed by atoms with Gasteiger partial charge in [-0.05, 0) is 35.4 Å². The van der Waals surface area contributed by atoms with Gasteiger partial charge in [0.25, 0.3) is 0 Å². The van der Waals surface area contributed by atoms with Crippen molar-refractivity contribution in [2.24, 2.45) is 11.8 Å². The smallest absolute Gasteiger partial charge is 0.307 e. The van der Waals surface area contributed by atoms with Crippen molar-refractivity contribution in [2.75, 3.05) is 5.32 Å². The zero-order chi connectivity index (χ0) is 22.1. The lowest BCUT2D eigenvalue weighted by Crippen LogP contribution is -2.38. The summed E-state index contributed by atoms with van der Waals surface area (Å²) in [5.41, 5.74) is 4.56. The maximum absolute atomic E-state index is 13.2. The highest BCUT2D eigenvalue weighted by molar-refractivity contribution is 6.00. The van der Waals surface area contributed by atoms with Crippen molar-refractivity contribution in [3.8, 4) is 0 Å². The standard InChI is InChI=1S/C25H28N2O4/c1-14(2)15-9-11-16(12-10-15)22(20-8-3-5-17-13-21(28)26-23(17)20)27-24(29)18-6-4-7-19(18)25(30)31/h3,5,8-12,14,18-19,22H,4,6-7,13H2,1-2H3,(H,26,28)(H,27,29)(H,30,31)/t18-,19+,22-/m1/s1. The van der Waals surface area contributed by atoms with E-state index in [0.717, 1.165) is 28.8 Å². The molecule has 6 heteroatoms. The van der Waals surface area contributed by atoms with Crippen molar-refractivity contribution in [2.45, 2.75) is 51.5 Å². The molecule has 0 aromatic heterocycles. The first-order chi connectivity index (χ1) is 14.8. The highest BCUT2D eigenvalue weighted by Gasteiger charge is 2.39. The van der Waals surface area contributed by atoms with Crippen LogP contribution in [-0.2, 0) is 20.8 Å². The molecule has 1 aliphatic heterocycles. The fourth-order valence-electron chi connectivity index (χ4n) is 4.75. The molecular formula is C25H28N2O4. The lowest BCUT2D eigenvalue weighted by molar-refractivity contribution is -0.146. The Hall–Kier alpha value is -3.15. The number of anilines is 1. The number of hydrogen-bond donors (Lipinski definition) is 3. The van der Waals surface area contributed by atoms with E-state index in [2.05, 4.69) is 36.6 Å². The van der Waals surface area contributed by atoms with Gasteiger partial charge in [-0.3, -0.25) is 14.4 Å². The molecule has 1 aliphatic carbocycles. The average Bonchev–Trinajstić information content (AvgIpc) is 3.38. The molecule has 6 nitrogen and oxygen atoms in total. The second kappa shape index (κ2) is 8.53. The van der Waals surface area contributed by atoms with Crippen LogP contribution in [0.15, 0.2) is 42.5 Å². The van der Waals surface area contributed by atoms with Crippen LogP contribution in [0.4, 0.5) is 5.69 Å². The van der Waals surface area contributed by atoms with E-state index in [0.29, 0.717) is 25.2 Å². The van der Waals surface area contributed by atoms with Gasteiger partial charge < -0.3 is 15.7 Å². The zero-order valence-corrected chi connectivity index (χ0v) is 17.9. The Kier molecular flexibility index (Phi) is 5.81. The summed E-state index contributed by atoms with van der Waals surface area (Å²) in [5.74, 6) is -2.03. The minimum Gasteiger partial charge on any atom is -0.481 e. The van der Waals surface area contributed by atoms with Gasteiger partial charge in [-0.15, -0.1) is 0 Å². The summed E-state index contributed by atoms with van der Waals surface area (Å²) in [6.45, 7) is 4.25. The molecule has 2 amide bonds. The van der Waals surface area contributed by atoms with E-state index in [-0.39, 0.29) is 11.8 Å². The first-order valence-electron chi connectivity index (χ1n) is 10.9. The highest BCUT2D eigenvalue weighted by Crippen LogP contribution is 2.37. The Labute approximate surface area is 182 Å². The highest BCUT2D eigenvalue weighted by atomic mass is 16.4. The summed E-state index contributed by atoms with van der Waals surface area (Å²) >= 11 is 0. The number of benzene rings is 2. The van der Waals surface area contributed by atoms with E-state index in [1.165, 1.54) is 5.56 Å². The van der Waals surface area contributed by atoms with Gasteiger partial charge in [0.2, 0.25) is 11.8 Å². The zero-order valence-electron chi connectivity index (χ0n) is 17.9. The summed E-state index contributed by atoms with van der Waals surface area (Å²) in [6, 6.07) is 13.3. The van der Waals surface area contributed by atoms with Gasteiger partial charge in [-0.25, -0.2) is 0 Å². The van der Waals surface area contributed by atoms with Crippen LogP contribution in [0.25, 0.3) is 0 Å². The van der Waals surface area contributed by atoms with Crippen LogP contribution in [-0.4, -0.2) is 22.9 Å². The van der Waals surface area contributed by atoms with Crippen LogP contribution in [0.3, 0.4) is 0 Å². The largest absolute Gasteiger partial charge is 0.481 e. The summed E-state index contributed by atoms with van der Waals surface area (Å²) in [4.78, 5) is 36.8. The van der Waals surface area contributed by atoms with Crippen molar-refractivity contribution in [1.82, 2.24) is 5.32 Å². The number of fused-ring (bicyclic) bond motifs is 1. The lowest BCUT2D eigenvalue weighted by Gasteiger charge is -2.25. The number of carbonyl (C=O) groups is 3.